The van der Waals surface area contributed by atoms with E-state index in [2.05, 4.69) is 10.6 Å². The molecule has 0 radical (unpaired) electrons. The number of hydrogen-bond donors (Lipinski definition) is 3. The van der Waals surface area contributed by atoms with Gasteiger partial charge in [-0.25, -0.2) is 9.59 Å². The zero-order chi connectivity index (χ0) is 14.4. The molecule has 3 N–H and O–H groups in total. The molecule has 2 amide bonds. The predicted octanol–water partition coefficient (Wildman–Crippen LogP) is 2.48. The summed E-state index contributed by atoms with van der Waals surface area (Å²) in [6.07, 6.45) is 0.795. The number of carboxylic acid groups (broad SMARTS) is 1. The molecular formula is C14H20N2O3. The van der Waals surface area contributed by atoms with E-state index in [1.807, 2.05) is 25.1 Å². The number of aryl methyl sites for hydroxylation is 1. The van der Waals surface area contributed by atoms with Crippen LogP contribution in [0.4, 0.5) is 10.5 Å². The van der Waals surface area contributed by atoms with Gasteiger partial charge in [-0.05, 0) is 24.0 Å². The maximum Gasteiger partial charge on any atom is 0.326 e. The minimum atomic E-state index is -1.03. The highest BCUT2D eigenvalue weighted by atomic mass is 16.4. The van der Waals surface area contributed by atoms with E-state index in [-0.39, 0.29) is 5.92 Å². The Bertz CT molecular complexity index is 458. The molecule has 0 aliphatic carbocycles. The number of benzene rings is 1. The van der Waals surface area contributed by atoms with Crippen molar-refractivity contribution in [3.63, 3.8) is 0 Å². The minimum absolute atomic E-state index is 0.176. The van der Waals surface area contributed by atoms with E-state index in [0.717, 1.165) is 12.0 Å². The molecule has 0 aromatic heterocycles. The first-order valence-electron chi connectivity index (χ1n) is 6.34. The van der Waals surface area contributed by atoms with E-state index in [1.165, 1.54) is 0 Å². The summed E-state index contributed by atoms with van der Waals surface area (Å²) in [7, 11) is 0. The molecule has 0 heterocycles. The van der Waals surface area contributed by atoms with Crippen LogP contribution in [-0.2, 0) is 11.2 Å². The lowest BCUT2D eigenvalue weighted by atomic mass is 10.1. The molecule has 1 atom stereocenters. The number of carboxylic acids is 1. The molecule has 104 valence electrons. The second-order valence-corrected chi connectivity index (χ2v) is 4.67. The van der Waals surface area contributed by atoms with Crippen LogP contribution in [0.1, 0.15) is 26.3 Å². The average Bonchev–Trinajstić information content (AvgIpc) is 2.36. The van der Waals surface area contributed by atoms with Crippen molar-refractivity contribution in [2.45, 2.75) is 33.2 Å². The summed E-state index contributed by atoms with van der Waals surface area (Å²) in [6, 6.07) is 6.05. The van der Waals surface area contributed by atoms with Crippen molar-refractivity contribution in [2.24, 2.45) is 5.92 Å². The van der Waals surface area contributed by atoms with Gasteiger partial charge < -0.3 is 15.7 Å². The molecule has 1 aromatic carbocycles. The van der Waals surface area contributed by atoms with Crippen LogP contribution in [0.2, 0.25) is 0 Å². The van der Waals surface area contributed by atoms with Gasteiger partial charge in [-0.1, -0.05) is 39.0 Å². The van der Waals surface area contributed by atoms with E-state index in [1.54, 1.807) is 19.9 Å². The van der Waals surface area contributed by atoms with Gasteiger partial charge in [0.2, 0.25) is 0 Å². The number of amides is 2. The Morgan fingerprint density at radius 2 is 1.89 bits per heavy atom. The van der Waals surface area contributed by atoms with Crippen LogP contribution in [-0.4, -0.2) is 23.1 Å². The van der Waals surface area contributed by atoms with Crippen molar-refractivity contribution in [3.8, 4) is 0 Å². The van der Waals surface area contributed by atoms with Crippen molar-refractivity contribution < 1.29 is 14.7 Å². The number of anilines is 1. The molecular weight excluding hydrogens is 244 g/mol. The zero-order valence-corrected chi connectivity index (χ0v) is 11.4. The fourth-order valence-electron chi connectivity index (χ4n) is 1.76. The van der Waals surface area contributed by atoms with Crippen LogP contribution in [0.15, 0.2) is 24.3 Å². The summed E-state index contributed by atoms with van der Waals surface area (Å²) in [4.78, 5) is 22.8. The highest BCUT2D eigenvalue weighted by molar-refractivity contribution is 5.92. The monoisotopic (exact) mass is 264 g/mol. The summed E-state index contributed by atoms with van der Waals surface area (Å²) in [5.41, 5.74) is 1.71. The molecule has 1 aromatic rings. The molecule has 0 unspecified atom stereocenters. The smallest absolute Gasteiger partial charge is 0.326 e. The third kappa shape index (κ3) is 4.28. The third-order valence-corrected chi connectivity index (χ3v) is 2.87. The second kappa shape index (κ2) is 6.78. The lowest BCUT2D eigenvalue weighted by Gasteiger charge is -2.19. The van der Waals surface area contributed by atoms with Crippen LogP contribution >= 0.6 is 0 Å². The van der Waals surface area contributed by atoms with Gasteiger partial charge in [0.1, 0.15) is 6.04 Å². The van der Waals surface area contributed by atoms with E-state index < -0.39 is 18.0 Å². The van der Waals surface area contributed by atoms with E-state index >= 15 is 0 Å². The normalized spacial score (nSPS) is 12.0. The van der Waals surface area contributed by atoms with Gasteiger partial charge in [0.25, 0.3) is 0 Å². The number of carbonyl (C=O) groups is 2. The van der Waals surface area contributed by atoms with Crippen LogP contribution in [0.3, 0.4) is 0 Å². The van der Waals surface area contributed by atoms with Crippen LogP contribution in [0, 0.1) is 5.92 Å². The quantitative estimate of drug-likeness (QED) is 0.764. The SMILES string of the molecule is CCc1ccccc1NC(=O)N[C@H](C(=O)O)C(C)C. The minimum Gasteiger partial charge on any atom is -0.480 e. The van der Waals surface area contributed by atoms with E-state index in [9.17, 15) is 9.59 Å². The Balaban J connectivity index is 2.72. The lowest BCUT2D eigenvalue weighted by Crippen LogP contribution is -2.46. The summed E-state index contributed by atoms with van der Waals surface area (Å²) in [6.45, 7) is 5.49. The first-order valence-corrected chi connectivity index (χ1v) is 6.34. The van der Waals surface area contributed by atoms with Gasteiger partial charge in [-0.15, -0.1) is 0 Å². The first-order chi connectivity index (χ1) is 8.95. The molecule has 0 fully saturated rings. The van der Waals surface area contributed by atoms with Crippen molar-refractivity contribution in [1.82, 2.24) is 5.32 Å². The zero-order valence-electron chi connectivity index (χ0n) is 11.4. The van der Waals surface area contributed by atoms with E-state index in [4.69, 9.17) is 5.11 Å². The van der Waals surface area contributed by atoms with Crippen molar-refractivity contribution in [2.75, 3.05) is 5.32 Å². The van der Waals surface area contributed by atoms with Crippen molar-refractivity contribution >= 4 is 17.7 Å². The molecule has 19 heavy (non-hydrogen) atoms. The van der Waals surface area contributed by atoms with Gasteiger partial charge >= 0.3 is 12.0 Å². The molecule has 0 bridgehead atoms. The second-order valence-electron chi connectivity index (χ2n) is 4.67. The summed E-state index contributed by atoms with van der Waals surface area (Å²) < 4.78 is 0. The Morgan fingerprint density at radius 3 is 2.42 bits per heavy atom. The third-order valence-electron chi connectivity index (χ3n) is 2.87. The number of nitrogens with one attached hydrogen (secondary N) is 2. The maximum absolute atomic E-state index is 11.8. The fraction of sp³-hybridized carbons (Fsp3) is 0.429. The number of hydrogen-bond acceptors (Lipinski definition) is 2. The van der Waals surface area contributed by atoms with Crippen LogP contribution in [0.25, 0.3) is 0 Å². The van der Waals surface area contributed by atoms with Gasteiger partial charge in [-0.3, -0.25) is 0 Å². The molecule has 5 heteroatoms. The number of carbonyl (C=O) groups excluding carboxylic acids is 1. The number of aliphatic carboxylic acids is 1. The molecule has 0 aliphatic rings. The Hall–Kier alpha value is -2.04. The topological polar surface area (TPSA) is 78.4 Å². The highest BCUT2D eigenvalue weighted by Gasteiger charge is 2.23. The molecule has 0 spiro atoms. The first kappa shape index (κ1) is 15.0. The number of urea groups is 1. The van der Waals surface area contributed by atoms with E-state index in [0.29, 0.717) is 5.69 Å². The predicted molar refractivity (Wildman–Crippen MR) is 74.2 cm³/mol. The Labute approximate surface area is 113 Å². The molecule has 5 nitrogen and oxygen atoms in total. The largest absolute Gasteiger partial charge is 0.480 e. The standard InChI is InChI=1S/C14H20N2O3/c1-4-10-7-5-6-8-11(10)15-14(19)16-12(9(2)3)13(17)18/h5-9,12H,4H2,1-3H3,(H,17,18)(H2,15,16,19)/t12-/m0/s1. The molecule has 1 rings (SSSR count). The van der Waals surface area contributed by atoms with Gasteiger partial charge in [0.15, 0.2) is 0 Å². The lowest BCUT2D eigenvalue weighted by molar-refractivity contribution is -0.140. The Morgan fingerprint density at radius 1 is 1.26 bits per heavy atom. The molecule has 0 aliphatic heterocycles. The Kier molecular flexibility index (Phi) is 5.36. The maximum atomic E-state index is 11.8. The average molecular weight is 264 g/mol. The van der Waals surface area contributed by atoms with Crippen molar-refractivity contribution in [1.29, 1.82) is 0 Å². The van der Waals surface area contributed by atoms with Crippen LogP contribution in [0.5, 0.6) is 0 Å². The highest BCUT2D eigenvalue weighted by Crippen LogP contribution is 2.15. The summed E-state index contributed by atoms with van der Waals surface area (Å²) >= 11 is 0. The number of rotatable bonds is 5. The van der Waals surface area contributed by atoms with Gasteiger partial charge in [0, 0.05) is 5.69 Å². The molecule has 0 saturated carbocycles. The van der Waals surface area contributed by atoms with Gasteiger partial charge in [-0.2, -0.15) is 0 Å². The van der Waals surface area contributed by atoms with Crippen LogP contribution < -0.4 is 10.6 Å². The van der Waals surface area contributed by atoms with Gasteiger partial charge in [0.05, 0.1) is 0 Å². The number of para-hydroxylation sites is 1. The molecule has 0 saturated heterocycles. The summed E-state index contributed by atoms with van der Waals surface area (Å²) in [5.74, 6) is -1.21. The van der Waals surface area contributed by atoms with Crippen molar-refractivity contribution in [3.05, 3.63) is 29.8 Å². The fourth-order valence-corrected chi connectivity index (χ4v) is 1.76. The summed E-state index contributed by atoms with van der Waals surface area (Å²) in [5, 5.41) is 14.2.